The minimum absolute atomic E-state index is 0.252. The molecule has 0 amide bonds. The molecule has 152 valence electrons. The van der Waals surface area contributed by atoms with Crippen LogP contribution in [0.4, 0.5) is 5.82 Å². The molecule has 3 heterocycles. The molecule has 1 atom stereocenters. The normalized spacial score (nSPS) is 17.6. The van der Waals surface area contributed by atoms with E-state index in [4.69, 9.17) is 4.74 Å². The summed E-state index contributed by atoms with van der Waals surface area (Å²) in [5.74, 6) is 1.83. The zero-order chi connectivity index (χ0) is 19.8. The molecule has 2 aromatic rings. The number of nitrogens with one attached hydrogen (secondary N) is 2. The molecule has 1 saturated heterocycles. The van der Waals surface area contributed by atoms with Crippen LogP contribution in [0.25, 0.3) is 0 Å². The van der Waals surface area contributed by atoms with E-state index < -0.39 is 0 Å². The van der Waals surface area contributed by atoms with Crippen LogP contribution in [-0.4, -0.2) is 54.8 Å². The third kappa shape index (κ3) is 6.17. The molecule has 1 aliphatic heterocycles. The number of ether oxygens (including phenoxy) is 1. The van der Waals surface area contributed by atoms with Gasteiger partial charge >= 0.3 is 0 Å². The summed E-state index contributed by atoms with van der Waals surface area (Å²) in [7, 11) is 0. The van der Waals surface area contributed by atoms with E-state index >= 15 is 0 Å². The summed E-state index contributed by atoms with van der Waals surface area (Å²) in [6, 6.07) is 4.18. The van der Waals surface area contributed by atoms with Crippen LogP contribution in [0.1, 0.15) is 29.3 Å². The van der Waals surface area contributed by atoms with E-state index in [1.165, 1.54) is 4.88 Å². The second-order valence-corrected chi connectivity index (χ2v) is 8.21. The van der Waals surface area contributed by atoms with Gasteiger partial charge in [-0.1, -0.05) is 6.07 Å². The van der Waals surface area contributed by atoms with Crippen molar-refractivity contribution < 1.29 is 4.74 Å². The maximum Gasteiger partial charge on any atom is 0.191 e. The van der Waals surface area contributed by atoms with Crippen LogP contribution >= 0.6 is 11.3 Å². The Labute approximate surface area is 171 Å². The SMILES string of the molecule is CCNC(=NCc1ccc(N2CCOC(C)C2)nc1)NCCc1ncc(C)s1. The Morgan fingerprint density at radius 1 is 1.32 bits per heavy atom. The maximum atomic E-state index is 5.60. The van der Waals surface area contributed by atoms with Gasteiger partial charge in [-0.3, -0.25) is 0 Å². The van der Waals surface area contributed by atoms with Crippen LogP contribution in [0, 0.1) is 6.92 Å². The molecule has 28 heavy (non-hydrogen) atoms. The molecule has 2 N–H and O–H groups in total. The van der Waals surface area contributed by atoms with Gasteiger partial charge in [-0.05, 0) is 32.4 Å². The third-order valence-corrected chi connectivity index (χ3v) is 5.41. The smallest absolute Gasteiger partial charge is 0.191 e. The second kappa shape index (κ2) is 10.4. The number of rotatable bonds is 7. The fourth-order valence-corrected chi connectivity index (χ4v) is 3.83. The van der Waals surface area contributed by atoms with Gasteiger partial charge in [0, 0.05) is 49.9 Å². The maximum absolute atomic E-state index is 5.60. The van der Waals surface area contributed by atoms with Crippen LogP contribution in [0.3, 0.4) is 0 Å². The van der Waals surface area contributed by atoms with Crippen molar-refractivity contribution in [2.75, 3.05) is 37.7 Å². The third-order valence-electron chi connectivity index (χ3n) is 4.44. The summed E-state index contributed by atoms with van der Waals surface area (Å²) in [6.07, 6.45) is 4.99. The average molecular weight is 403 g/mol. The summed E-state index contributed by atoms with van der Waals surface area (Å²) in [4.78, 5) is 17.2. The summed E-state index contributed by atoms with van der Waals surface area (Å²) in [5.41, 5.74) is 1.10. The lowest BCUT2D eigenvalue weighted by molar-refractivity contribution is 0.0529. The predicted molar refractivity (Wildman–Crippen MR) is 115 cm³/mol. The Bertz CT molecular complexity index is 760. The second-order valence-electron chi connectivity index (χ2n) is 6.89. The van der Waals surface area contributed by atoms with Gasteiger partial charge in [0.05, 0.1) is 24.3 Å². The molecule has 0 saturated carbocycles. The van der Waals surface area contributed by atoms with E-state index in [-0.39, 0.29) is 6.10 Å². The molecule has 7 nitrogen and oxygen atoms in total. The molecule has 0 radical (unpaired) electrons. The Balaban J connectivity index is 1.51. The molecule has 0 aliphatic carbocycles. The Kier molecular flexibility index (Phi) is 7.62. The number of hydrogen-bond acceptors (Lipinski definition) is 6. The van der Waals surface area contributed by atoms with Crippen LogP contribution in [-0.2, 0) is 17.7 Å². The number of anilines is 1. The quantitative estimate of drug-likeness (QED) is 0.547. The number of hydrogen-bond donors (Lipinski definition) is 2. The lowest BCUT2D eigenvalue weighted by Crippen LogP contribution is -2.41. The lowest BCUT2D eigenvalue weighted by Gasteiger charge is -2.32. The number of nitrogens with zero attached hydrogens (tertiary/aromatic N) is 4. The highest BCUT2D eigenvalue weighted by atomic mass is 32.1. The van der Waals surface area contributed by atoms with Crippen molar-refractivity contribution in [1.29, 1.82) is 0 Å². The highest BCUT2D eigenvalue weighted by molar-refractivity contribution is 7.11. The van der Waals surface area contributed by atoms with Crippen molar-refractivity contribution in [3.8, 4) is 0 Å². The fraction of sp³-hybridized carbons (Fsp3) is 0.550. The van der Waals surface area contributed by atoms with Gasteiger partial charge < -0.3 is 20.3 Å². The fourth-order valence-electron chi connectivity index (χ4n) is 3.04. The van der Waals surface area contributed by atoms with Gasteiger partial charge in [-0.25, -0.2) is 15.0 Å². The van der Waals surface area contributed by atoms with E-state index in [1.807, 2.05) is 12.4 Å². The Hall–Kier alpha value is -2.19. The van der Waals surface area contributed by atoms with E-state index in [1.54, 1.807) is 11.3 Å². The molecule has 0 bridgehead atoms. The predicted octanol–water partition coefficient (Wildman–Crippen LogP) is 2.37. The van der Waals surface area contributed by atoms with E-state index in [0.29, 0.717) is 6.54 Å². The zero-order valence-electron chi connectivity index (χ0n) is 16.9. The summed E-state index contributed by atoms with van der Waals surface area (Å²) < 4.78 is 5.60. The van der Waals surface area contributed by atoms with E-state index in [2.05, 4.69) is 63.4 Å². The van der Waals surface area contributed by atoms with Gasteiger partial charge in [0.25, 0.3) is 0 Å². The zero-order valence-corrected chi connectivity index (χ0v) is 17.8. The molecule has 0 aromatic carbocycles. The minimum atomic E-state index is 0.252. The number of aromatic nitrogens is 2. The molecular weight excluding hydrogens is 372 g/mol. The first-order chi connectivity index (χ1) is 13.6. The average Bonchev–Trinajstić information content (AvgIpc) is 3.11. The molecule has 1 aliphatic rings. The number of morpholine rings is 1. The van der Waals surface area contributed by atoms with Crippen LogP contribution in [0.2, 0.25) is 0 Å². The van der Waals surface area contributed by atoms with Crippen LogP contribution in [0.15, 0.2) is 29.5 Å². The van der Waals surface area contributed by atoms with Crippen molar-refractivity contribution in [2.24, 2.45) is 4.99 Å². The first-order valence-electron chi connectivity index (χ1n) is 9.89. The highest BCUT2D eigenvalue weighted by Gasteiger charge is 2.17. The van der Waals surface area contributed by atoms with Crippen LogP contribution < -0.4 is 15.5 Å². The van der Waals surface area contributed by atoms with E-state index in [0.717, 1.165) is 61.6 Å². The van der Waals surface area contributed by atoms with Crippen molar-refractivity contribution in [1.82, 2.24) is 20.6 Å². The highest BCUT2D eigenvalue weighted by Crippen LogP contribution is 2.16. The molecule has 3 rings (SSSR count). The van der Waals surface area contributed by atoms with Gasteiger partial charge in [-0.15, -0.1) is 11.3 Å². The molecule has 8 heteroatoms. The number of aryl methyl sites for hydroxylation is 1. The summed E-state index contributed by atoms with van der Waals surface area (Å²) in [6.45, 7) is 11.0. The molecule has 2 aromatic heterocycles. The molecule has 1 fully saturated rings. The number of pyridine rings is 1. The number of thiazole rings is 1. The molecule has 0 spiro atoms. The van der Waals surface area contributed by atoms with Crippen molar-refractivity contribution in [2.45, 2.75) is 39.8 Å². The van der Waals surface area contributed by atoms with E-state index in [9.17, 15) is 0 Å². The number of aliphatic imine (C=N–C) groups is 1. The Morgan fingerprint density at radius 3 is 2.89 bits per heavy atom. The van der Waals surface area contributed by atoms with Gasteiger partial charge in [0.2, 0.25) is 0 Å². The monoisotopic (exact) mass is 402 g/mol. The molecule has 1 unspecified atom stereocenters. The first-order valence-corrected chi connectivity index (χ1v) is 10.7. The standard InChI is InChI=1S/C20H30N6OS/c1-4-21-20(22-8-7-19-24-11-16(3)28-19)25-13-17-5-6-18(23-12-17)26-9-10-27-15(2)14-26/h5-6,11-12,15H,4,7-10,13-14H2,1-3H3,(H2,21,22,25). The van der Waals surface area contributed by atoms with Crippen LogP contribution in [0.5, 0.6) is 0 Å². The topological polar surface area (TPSA) is 74.7 Å². The lowest BCUT2D eigenvalue weighted by atomic mass is 10.2. The number of guanidine groups is 1. The van der Waals surface area contributed by atoms with Gasteiger partial charge in [0.15, 0.2) is 5.96 Å². The van der Waals surface area contributed by atoms with Crippen molar-refractivity contribution >= 4 is 23.1 Å². The first kappa shape index (κ1) is 20.5. The van der Waals surface area contributed by atoms with Crippen molar-refractivity contribution in [3.05, 3.63) is 40.0 Å². The summed E-state index contributed by atoms with van der Waals surface area (Å²) in [5, 5.41) is 7.82. The minimum Gasteiger partial charge on any atom is -0.375 e. The van der Waals surface area contributed by atoms with Crippen molar-refractivity contribution in [3.63, 3.8) is 0 Å². The molecular formula is C20H30N6OS. The van der Waals surface area contributed by atoms with Gasteiger partial charge in [0.1, 0.15) is 5.82 Å². The Morgan fingerprint density at radius 2 is 2.21 bits per heavy atom. The largest absolute Gasteiger partial charge is 0.375 e. The summed E-state index contributed by atoms with van der Waals surface area (Å²) >= 11 is 1.74. The van der Waals surface area contributed by atoms with Gasteiger partial charge in [-0.2, -0.15) is 0 Å².